The molecular weight excluding hydrogens is 266 g/mol. The average Bonchev–Trinajstić information content (AvgIpc) is 2.49. The van der Waals surface area contributed by atoms with Crippen LogP contribution in [-0.2, 0) is 4.79 Å². The lowest BCUT2D eigenvalue weighted by Crippen LogP contribution is -2.48. The maximum absolute atomic E-state index is 12.4. The van der Waals surface area contributed by atoms with Gasteiger partial charge >= 0.3 is 0 Å². The third kappa shape index (κ3) is 3.97. The Hall–Kier alpha value is -2.04. The highest BCUT2D eigenvalue weighted by atomic mass is 16.2. The summed E-state index contributed by atoms with van der Waals surface area (Å²) in [5, 5.41) is 6.30. The zero-order valence-electron chi connectivity index (χ0n) is 12.7. The first kappa shape index (κ1) is 15.4. The Kier molecular flexibility index (Phi) is 5.20. The van der Waals surface area contributed by atoms with Crippen LogP contribution in [0.4, 0.5) is 5.69 Å². The Morgan fingerprint density at radius 2 is 2.14 bits per heavy atom. The first-order chi connectivity index (χ1) is 10.1. The summed E-state index contributed by atoms with van der Waals surface area (Å²) in [4.78, 5) is 25.6. The van der Waals surface area contributed by atoms with Crippen LogP contribution in [0.25, 0.3) is 0 Å². The van der Waals surface area contributed by atoms with Crippen molar-refractivity contribution in [3.8, 4) is 0 Å². The Bertz CT molecular complexity index is 516. The molecule has 0 radical (unpaired) electrons. The Morgan fingerprint density at radius 3 is 2.86 bits per heavy atom. The van der Waals surface area contributed by atoms with E-state index in [4.69, 9.17) is 0 Å². The minimum atomic E-state index is -0.0815. The van der Waals surface area contributed by atoms with Gasteiger partial charge in [-0.2, -0.15) is 0 Å². The van der Waals surface area contributed by atoms with Gasteiger partial charge in [0.1, 0.15) is 0 Å². The molecule has 1 unspecified atom stereocenters. The van der Waals surface area contributed by atoms with E-state index in [-0.39, 0.29) is 17.9 Å². The number of likely N-dealkylation sites (tertiary alicyclic amines) is 1. The van der Waals surface area contributed by atoms with E-state index >= 15 is 0 Å². The van der Waals surface area contributed by atoms with Crippen molar-refractivity contribution < 1.29 is 9.59 Å². The first-order valence-electron chi connectivity index (χ1n) is 7.49. The highest BCUT2D eigenvalue weighted by Crippen LogP contribution is 2.16. The third-order valence-electron chi connectivity index (χ3n) is 3.70. The lowest BCUT2D eigenvalue weighted by molar-refractivity contribution is -0.132. The molecule has 1 atom stereocenters. The van der Waals surface area contributed by atoms with Crippen LogP contribution in [-0.4, -0.2) is 42.9 Å². The minimum Gasteiger partial charge on any atom is -0.384 e. The second-order valence-corrected chi connectivity index (χ2v) is 5.46. The molecule has 1 saturated heterocycles. The molecule has 5 heteroatoms. The van der Waals surface area contributed by atoms with Gasteiger partial charge in [0.25, 0.3) is 5.91 Å². The predicted octanol–water partition coefficient (Wildman–Crippen LogP) is 1.86. The van der Waals surface area contributed by atoms with Crippen molar-refractivity contribution in [3.05, 3.63) is 29.8 Å². The number of hydrogen-bond donors (Lipinski definition) is 2. The van der Waals surface area contributed by atoms with Gasteiger partial charge in [-0.3, -0.25) is 9.59 Å². The maximum Gasteiger partial charge on any atom is 0.253 e. The van der Waals surface area contributed by atoms with Gasteiger partial charge in [-0.1, -0.05) is 19.1 Å². The van der Waals surface area contributed by atoms with Crippen LogP contribution in [0.3, 0.4) is 0 Å². The highest BCUT2D eigenvalue weighted by Gasteiger charge is 2.24. The summed E-state index contributed by atoms with van der Waals surface area (Å²) in [6.07, 6.45) is 2.21. The summed E-state index contributed by atoms with van der Waals surface area (Å²) in [5.41, 5.74) is 1.52. The van der Waals surface area contributed by atoms with E-state index < -0.39 is 0 Å². The molecule has 1 heterocycles. The Labute approximate surface area is 125 Å². The summed E-state index contributed by atoms with van der Waals surface area (Å²) in [5.74, 6) is 0.0625. The average molecular weight is 289 g/mol. The number of rotatable bonds is 5. The minimum absolute atomic E-state index is 0.0273. The molecule has 5 nitrogen and oxygen atoms in total. The van der Waals surface area contributed by atoms with Crippen LogP contribution in [0.5, 0.6) is 0 Å². The number of likely N-dealkylation sites (N-methyl/N-ethyl adjacent to an activating group) is 1. The number of nitrogens with one attached hydrogen (secondary N) is 2. The normalized spacial score (nSPS) is 18.5. The topological polar surface area (TPSA) is 61.4 Å². The van der Waals surface area contributed by atoms with Gasteiger partial charge in [0, 0.05) is 38.3 Å². The molecule has 1 aliphatic heterocycles. The zero-order valence-corrected chi connectivity index (χ0v) is 12.7. The lowest BCUT2D eigenvalue weighted by Gasteiger charge is -2.30. The van der Waals surface area contributed by atoms with E-state index in [9.17, 15) is 9.59 Å². The van der Waals surface area contributed by atoms with E-state index in [0.717, 1.165) is 18.7 Å². The number of nitrogens with zero attached hydrogens (tertiary/aromatic N) is 1. The number of amides is 2. The molecule has 114 valence electrons. The lowest BCUT2D eigenvalue weighted by atomic mass is 10.0. The van der Waals surface area contributed by atoms with Crippen molar-refractivity contribution in [3.63, 3.8) is 0 Å². The molecular formula is C16H23N3O2. The number of carbonyl (C=O) groups excluding carboxylic acids is 2. The molecule has 2 rings (SSSR count). The van der Waals surface area contributed by atoms with Crippen LogP contribution in [0.1, 0.15) is 36.5 Å². The highest BCUT2D eigenvalue weighted by molar-refractivity contribution is 5.99. The van der Waals surface area contributed by atoms with E-state index in [1.807, 2.05) is 24.3 Å². The van der Waals surface area contributed by atoms with Crippen LogP contribution < -0.4 is 10.6 Å². The molecule has 0 spiro atoms. The van der Waals surface area contributed by atoms with Crippen LogP contribution in [0, 0.1) is 0 Å². The van der Waals surface area contributed by atoms with Gasteiger partial charge < -0.3 is 15.5 Å². The van der Waals surface area contributed by atoms with Crippen molar-refractivity contribution in [2.75, 3.05) is 25.5 Å². The van der Waals surface area contributed by atoms with Gasteiger partial charge in [-0.25, -0.2) is 0 Å². The van der Waals surface area contributed by atoms with Gasteiger partial charge in [-0.05, 0) is 25.0 Å². The van der Waals surface area contributed by atoms with Gasteiger partial charge in [0.2, 0.25) is 5.91 Å². The molecule has 0 bridgehead atoms. The standard InChI is InChI=1S/C16H23N3O2/c1-3-10-17-14-7-5-4-6-13(14)16(21)18-12-8-9-15(20)19(2)11-12/h4-7,12,17H,3,8-11H2,1-2H3,(H,18,21). The molecule has 1 aromatic carbocycles. The zero-order chi connectivity index (χ0) is 15.2. The number of piperidine rings is 1. The van der Waals surface area contributed by atoms with Crippen molar-refractivity contribution in [2.45, 2.75) is 32.2 Å². The number of hydrogen-bond acceptors (Lipinski definition) is 3. The second-order valence-electron chi connectivity index (χ2n) is 5.46. The Morgan fingerprint density at radius 1 is 1.38 bits per heavy atom. The molecule has 0 saturated carbocycles. The monoisotopic (exact) mass is 289 g/mol. The van der Waals surface area contributed by atoms with Crippen LogP contribution in [0.2, 0.25) is 0 Å². The number of anilines is 1. The largest absolute Gasteiger partial charge is 0.384 e. The van der Waals surface area contributed by atoms with Gasteiger partial charge in [0.05, 0.1) is 5.56 Å². The Balaban J connectivity index is 2.01. The summed E-state index contributed by atoms with van der Waals surface area (Å²) < 4.78 is 0. The fraction of sp³-hybridized carbons (Fsp3) is 0.500. The molecule has 1 aromatic rings. The molecule has 0 aromatic heterocycles. The second kappa shape index (κ2) is 7.11. The van der Waals surface area contributed by atoms with Gasteiger partial charge in [0.15, 0.2) is 0 Å². The quantitative estimate of drug-likeness (QED) is 0.870. The first-order valence-corrected chi connectivity index (χ1v) is 7.49. The molecule has 2 N–H and O–H groups in total. The van der Waals surface area contributed by atoms with Crippen molar-refractivity contribution in [2.24, 2.45) is 0 Å². The van der Waals surface area contributed by atoms with Gasteiger partial charge in [-0.15, -0.1) is 0 Å². The SMILES string of the molecule is CCCNc1ccccc1C(=O)NC1CCC(=O)N(C)C1. The van der Waals surface area contributed by atoms with E-state index in [0.29, 0.717) is 24.9 Å². The van der Waals surface area contributed by atoms with Crippen molar-refractivity contribution >= 4 is 17.5 Å². The third-order valence-corrected chi connectivity index (χ3v) is 3.70. The number of carbonyl (C=O) groups is 2. The summed E-state index contributed by atoms with van der Waals surface area (Å²) in [6, 6.07) is 7.55. The summed E-state index contributed by atoms with van der Waals surface area (Å²) in [6.45, 7) is 3.50. The predicted molar refractivity (Wildman–Crippen MR) is 83.3 cm³/mol. The van der Waals surface area contributed by atoms with Crippen molar-refractivity contribution in [1.29, 1.82) is 0 Å². The smallest absolute Gasteiger partial charge is 0.253 e. The van der Waals surface area contributed by atoms with Crippen molar-refractivity contribution in [1.82, 2.24) is 10.2 Å². The molecule has 1 fully saturated rings. The maximum atomic E-state index is 12.4. The molecule has 1 aliphatic rings. The summed E-state index contributed by atoms with van der Waals surface area (Å²) in [7, 11) is 1.78. The summed E-state index contributed by atoms with van der Waals surface area (Å²) >= 11 is 0. The van der Waals surface area contributed by atoms with E-state index in [1.165, 1.54) is 0 Å². The molecule has 21 heavy (non-hydrogen) atoms. The van der Waals surface area contributed by atoms with Crippen LogP contribution >= 0.6 is 0 Å². The number of para-hydroxylation sites is 1. The van der Waals surface area contributed by atoms with E-state index in [2.05, 4.69) is 17.6 Å². The fourth-order valence-corrected chi connectivity index (χ4v) is 2.49. The molecule has 2 amide bonds. The van der Waals surface area contributed by atoms with E-state index in [1.54, 1.807) is 11.9 Å². The van der Waals surface area contributed by atoms with Crippen LogP contribution in [0.15, 0.2) is 24.3 Å². The molecule has 0 aliphatic carbocycles. The number of benzene rings is 1. The fourth-order valence-electron chi connectivity index (χ4n) is 2.49.